The SMILES string of the molecule is CCc1nn2ccccc2c1CCN1CCCC1c1ccc(C=CC(=O)NO)cc1. The van der Waals surface area contributed by atoms with Gasteiger partial charge in [-0.1, -0.05) is 37.3 Å². The Hall–Kier alpha value is -2.96. The third kappa shape index (κ3) is 4.30. The number of fused-ring (bicyclic) bond motifs is 1. The quantitative estimate of drug-likeness (QED) is 0.357. The van der Waals surface area contributed by atoms with Gasteiger partial charge in [-0.25, -0.2) is 10.00 Å². The van der Waals surface area contributed by atoms with Crippen molar-refractivity contribution in [3.05, 3.63) is 77.1 Å². The van der Waals surface area contributed by atoms with E-state index in [-0.39, 0.29) is 0 Å². The smallest absolute Gasteiger partial charge is 0.267 e. The highest BCUT2D eigenvalue weighted by atomic mass is 16.5. The Kier molecular flexibility index (Phi) is 6.26. The Morgan fingerprint density at radius 2 is 2.10 bits per heavy atom. The van der Waals surface area contributed by atoms with Gasteiger partial charge in [-0.3, -0.25) is 14.9 Å². The first-order valence-corrected chi connectivity index (χ1v) is 10.6. The Balaban J connectivity index is 1.46. The molecule has 0 aliphatic carbocycles. The summed E-state index contributed by atoms with van der Waals surface area (Å²) >= 11 is 0. The van der Waals surface area contributed by atoms with Gasteiger partial charge < -0.3 is 0 Å². The zero-order chi connectivity index (χ0) is 20.9. The lowest BCUT2D eigenvalue weighted by Gasteiger charge is -2.25. The number of likely N-dealkylation sites (tertiary alicyclic amines) is 1. The molecule has 0 bridgehead atoms. The Labute approximate surface area is 176 Å². The molecule has 30 heavy (non-hydrogen) atoms. The Bertz CT molecular complexity index is 1040. The van der Waals surface area contributed by atoms with Gasteiger partial charge in [0.05, 0.1) is 11.2 Å². The third-order valence-corrected chi connectivity index (χ3v) is 5.93. The van der Waals surface area contributed by atoms with Gasteiger partial charge in [-0.15, -0.1) is 0 Å². The lowest BCUT2D eigenvalue weighted by atomic mass is 10.0. The summed E-state index contributed by atoms with van der Waals surface area (Å²) in [5.74, 6) is -0.528. The first-order valence-electron chi connectivity index (χ1n) is 10.6. The number of aromatic nitrogens is 2. The second kappa shape index (κ2) is 9.24. The average Bonchev–Trinajstić information content (AvgIpc) is 3.40. The molecule has 0 spiro atoms. The fraction of sp³-hybridized carbons (Fsp3) is 0.333. The number of hydroxylamine groups is 1. The van der Waals surface area contributed by atoms with Crippen molar-refractivity contribution in [3.63, 3.8) is 0 Å². The van der Waals surface area contributed by atoms with Crippen LogP contribution in [0.2, 0.25) is 0 Å². The van der Waals surface area contributed by atoms with Crippen LogP contribution >= 0.6 is 0 Å². The summed E-state index contributed by atoms with van der Waals surface area (Å²) in [5.41, 5.74) is 7.63. The van der Waals surface area contributed by atoms with Crippen molar-refractivity contribution in [3.8, 4) is 0 Å². The van der Waals surface area contributed by atoms with E-state index < -0.39 is 5.91 Å². The molecule has 1 fully saturated rings. The zero-order valence-corrected chi connectivity index (χ0v) is 17.3. The van der Waals surface area contributed by atoms with Crippen molar-refractivity contribution in [2.75, 3.05) is 13.1 Å². The molecule has 2 aromatic heterocycles. The summed E-state index contributed by atoms with van der Waals surface area (Å²) < 4.78 is 2.00. The summed E-state index contributed by atoms with van der Waals surface area (Å²) in [7, 11) is 0. The molecule has 1 unspecified atom stereocenters. The highest BCUT2D eigenvalue weighted by Gasteiger charge is 2.26. The van der Waals surface area contributed by atoms with Crippen LogP contribution in [-0.4, -0.2) is 38.7 Å². The van der Waals surface area contributed by atoms with E-state index in [9.17, 15) is 4.79 Å². The lowest BCUT2D eigenvalue weighted by molar-refractivity contribution is -0.124. The topological polar surface area (TPSA) is 69.9 Å². The van der Waals surface area contributed by atoms with Crippen molar-refractivity contribution < 1.29 is 10.0 Å². The number of carbonyl (C=O) groups is 1. The zero-order valence-electron chi connectivity index (χ0n) is 17.3. The molecule has 2 N–H and O–H groups in total. The van der Waals surface area contributed by atoms with Crippen molar-refractivity contribution >= 4 is 17.5 Å². The fourth-order valence-corrected chi connectivity index (χ4v) is 4.42. The van der Waals surface area contributed by atoms with E-state index in [0.29, 0.717) is 6.04 Å². The number of hydrogen-bond donors (Lipinski definition) is 2. The van der Waals surface area contributed by atoms with E-state index >= 15 is 0 Å². The number of nitrogens with zero attached hydrogens (tertiary/aromatic N) is 3. The van der Waals surface area contributed by atoms with Crippen LogP contribution in [0.5, 0.6) is 0 Å². The average molecular weight is 405 g/mol. The number of aryl methyl sites for hydroxylation is 1. The maximum Gasteiger partial charge on any atom is 0.267 e. The third-order valence-electron chi connectivity index (χ3n) is 5.93. The van der Waals surface area contributed by atoms with Crippen LogP contribution in [-0.2, 0) is 17.6 Å². The largest absolute Gasteiger partial charge is 0.296 e. The Morgan fingerprint density at radius 3 is 2.87 bits per heavy atom. The minimum Gasteiger partial charge on any atom is -0.296 e. The van der Waals surface area contributed by atoms with Gasteiger partial charge in [0.1, 0.15) is 0 Å². The van der Waals surface area contributed by atoms with Crippen molar-refractivity contribution in [2.24, 2.45) is 0 Å². The minimum atomic E-state index is -0.528. The number of pyridine rings is 1. The standard InChI is InChI=1S/C24H28N4O2/c1-2-21-20(23-6-3-4-16-28(23)25-21)14-17-27-15-5-7-22(27)19-11-8-18(9-12-19)10-13-24(29)26-30/h3-4,6,8-13,16,22,30H,2,5,7,14-15,17H2,1H3,(H,26,29). The van der Waals surface area contributed by atoms with E-state index in [1.807, 2.05) is 28.9 Å². The first kappa shape index (κ1) is 20.3. The van der Waals surface area contributed by atoms with Crippen LogP contribution in [0.15, 0.2) is 54.7 Å². The van der Waals surface area contributed by atoms with Gasteiger partial charge in [0.2, 0.25) is 0 Å². The van der Waals surface area contributed by atoms with E-state index in [1.54, 1.807) is 11.6 Å². The van der Waals surface area contributed by atoms with Crippen LogP contribution in [0.3, 0.4) is 0 Å². The van der Waals surface area contributed by atoms with Crippen LogP contribution in [0.1, 0.15) is 48.2 Å². The molecule has 6 nitrogen and oxygen atoms in total. The Morgan fingerprint density at radius 1 is 1.27 bits per heavy atom. The van der Waals surface area contributed by atoms with Gasteiger partial charge in [0, 0.05) is 30.4 Å². The highest BCUT2D eigenvalue weighted by molar-refractivity contribution is 5.90. The van der Waals surface area contributed by atoms with Gasteiger partial charge in [-0.2, -0.15) is 5.10 Å². The molecule has 0 radical (unpaired) electrons. The number of rotatable bonds is 7. The number of carbonyl (C=O) groups excluding carboxylic acids is 1. The predicted octanol–water partition coefficient (Wildman–Crippen LogP) is 3.79. The lowest BCUT2D eigenvalue weighted by Crippen LogP contribution is -2.26. The van der Waals surface area contributed by atoms with Gasteiger partial charge >= 0.3 is 0 Å². The molecule has 1 aliphatic rings. The number of hydrogen-bond acceptors (Lipinski definition) is 4. The monoisotopic (exact) mass is 404 g/mol. The molecule has 156 valence electrons. The van der Waals surface area contributed by atoms with E-state index in [2.05, 4.69) is 36.1 Å². The molecule has 4 rings (SSSR count). The fourth-order valence-electron chi connectivity index (χ4n) is 4.42. The predicted molar refractivity (Wildman–Crippen MR) is 117 cm³/mol. The molecule has 3 aromatic rings. The summed E-state index contributed by atoms with van der Waals surface area (Å²) in [6, 6.07) is 15.0. The van der Waals surface area contributed by atoms with Gasteiger partial charge in [-0.05, 0) is 61.6 Å². The van der Waals surface area contributed by atoms with Crippen molar-refractivity contribution in [1.29, 1.82) is 0 Å². The van der Waals surface area contributed by atoms with E-state index in [1.165, 1.54) is 34.8 Å². The molecule has 1 amide bonds. The normalized spacial score (nSPS) is 17.2. The molecule has 0 saturated carbocycles. The second-order valence-electron chi connectivity index (χ2n) is 7.73. The molecule has 6 heteroatoms. The van der Waals surface area contributed by atoms with E-state index in [0.717, 1.165) is 37.9 Å². The maximum absolute atomic E-state index is 11.1. The molecule has 1 saturated heterocycles. The molecular weight excluding hydrogens is 376 g/mol. The number of nitrogens with one attached hydrogen (secondary N) is 1. The van der Waals surface area contributed by atoms with Crippen molar-refractivity contribution in [2.45, 2.75) is 38.6 Å². The molecular formula is C24H28N4O2. The maximum atomic E-state index is 11.1. The highest BCUT2D eigenvalue weighted by Crippen LogP contribution is 2.32. The first-order chi connectivity index (χ1) is 14.7. The second-order valence-corrected chi connectivity index (χ2v) is 7.73. The summed E-state index contributed by atoms with van der Waals surface area (Å²) in [4.78, 5) is 13.7. The molecule has 1 atom stereocenters. The van der Waals surface area contributed by atoms with E-state index in [4.69, 9.17) is 10.3 Å². The van der Waals surface area contributed by atoms with Crippen LogP contribution < -0.4 is 5.48 Å². The van der Waals surface area contributed by atoms with Crippen LogP contribution in [0.4, 0.5) is 0 Å². The summed E-state index contributed by atoms with van der Waals surface area (Å²) in [6.45, 7) is 4.31. The summed E-state index contributed by atoms with van der Waals surface area (Å²) in [5, 5.41) is 13.3. The molecule has 1 aliphatic heterocycles. The van der Waals surface area contributed by atoms with Gasteiger partial charge in [0.15, 0.2) is 0 Å². The van der Waals surface area contributed by atoms with Crippen LogP contribution in [0.25, 0.3) is 11.6 Å². The summed E-state index contributed by atoms with van der Waals surface area (Å²) in [6.07, 6.45) is 9.36. The number of amides is 1. The molecule has 3 heterocycles. The van der Waals surface area contributed by atoms with Crippen LogP contribution in [0, 0.1) is 0 Å². The minimum absolute atomic E-state index is 0.427. The van der Waals surface area contributed by atoms with Gasteiger partial charge in [0.25, 0.3) is 5.91 Å². The van der Waals surface area contributed by atoms with Crippen molar-refractivity contribution in [1.82, 2.24) is 20.0 Å². The molecule has 1 aromatic carbocycles. The number of benzene rings is 1.